The van der Waals surface area contributed by atoms with Crippen molar-refractivity contribution in [3.05, 3.63) is 58.7 Å². The number of allylic oxidation sites excluding steroid dienone is 1. The van der Waals surface area contributed by atoms with Crippen LogP contribution in [0.2, 0.25) is 0 Å². The maximum Gasteiger partial charge on any atom is 0.496 e. The van der Waals surface area contributed by atoms with Crippen LogP contribution >= 0.6 is 0 Å². The molecular weight excluding hydrogens is 441 g/mol. The number of hydrogen-bond donors (Lipinski definition) is 1. The first-order valence-electron chi connectivity index (χ1n) is 12.1. The summed E-state index contributed by atoms with van der Waals surface area (Å²) in [4.78, 5) is 21.4. The van der Waals surface area contributed by atoms with E-state index in [1.807, 2.05) is 39.1 Å². The molecule has 2 aliphatic rings. The van der Waals surface area contributed by atoms with Gasteiger partial charge in [-0.3, -0.25) is 14.9 Å². The van der Waals surface area contributed by atoms with Crippen LogP contribution in [0.15, 0.2) is 30.6 Å². The molecule has 1 amide bonds. The molecular formula is C27H38BN3O4. The Balaban J connectivity index is 0.000000196. The van der Waals surface area contributed by atoms with Crippen molar-refractivity contribution in [1.82, 2.24) is 14.9 Å². The predicted molar refractivity (Wildman–Crippen MR) is 140 cm³/mol. The molecule has 4 heterocycles. The summed E-state index contributed by atoms with van der Waals surface area (Å²) < 4.78 is 12.0. The predicted octanol–water partition coefficient (Wildman–Crippen LogP) is 5.06. The normalized spacial score (nSPS) is 20.7. The zero-order valence-corrected chi connectivity index (χ0v) is 22.5. The summed E-state index contributed by atoms with van der Waals surface area (Å²) in [6.07, 6.45) is 5.59. The van der Waals surface area contributed by atoms with E-state index in [2.05, 4.69) is 57.6 Å². The maximum atomic E-state index is 11.3. The Morgan fingerprint density at radius 1 is 1.00 bits per heavy atom. The summed E-state index contributed by atoms with van der Waals surface area (Å²) in [6.45, 7) is 18.8. The van der Waals surface area contributed by atoms with Crippen LogP contribution in [-0.4, -0.2) is 50.9 Å². The van der Waals surface area contributed by atoms with E-state index in [0.29, 0.717) is 12.5 Å². The lowest BCUT2D eigenvalue weighted by Gasteiger charge is -2.32. The van der Waals surface area contributed by atoms with E-state index in [4.69, 9.17) is 9.31 Å². The molecule has 35 heavy (non-hydrogen) atoms. The molecule has 0 aliphatic carbocycles. The van der Waals surface area contributed by atoms with Crippen LogP contribution < -0.4 is 5.46 Å². The standard InChI is InChI=1S/C14H18N2O2.C13H20BNO2/c1-9-4-5-13(16(8-9)14(17)18)12-6-10(2)11(3)15-7-12;1-9-7-11(8-15-10(9)2)14-16-12(3,4)13(5,6)17-14/h5-7,9H,4,8H2,1-3H3,(H,17,18);7-8H,1-6H3. The van der Waals surface area contributed by atoms with Gasteiger partial charge in [-0.15, -0.1) is 0 Å². The Morgan fingerprint density at radius 3 is 2.06 bits per heavy atom. The fraction of sp³-hybridized carbons (Fsp3) is 0.519. The molecule has 1 unspecified atom stereocenters. The maximum absolute atomic E-state index is 11.3. The molecule has 188 valence electrons. The minimum absolute atomic E-state index is 0.295. The van der Waals surface area contributed by atoms with Crippen LogP contribution in [0.3, 0.4) is 0 Å². The zero-order chi connectivity index (χ0) is 26.1. The third kappa shape index (κ3) is 5.93. The largest absolute Gasteiger partial charge is 0.496 e. The quantitative estimate of drug-likeness (QED) is 0.607. The number of carbonyl (C=O) groups is 1. The summed E-state index contributed by atoms with van der Waals surface area (Å²) in [6, 6.07) is 4.09. The van der Waals surface area contributed by atoms with Crippen molar-refractivity contribution in [2.24, 2.45) is 5.92 Å². The highest BCUT2D eigenvalue weighted by atomic mass is 16.7. The molecule has 1 N–H and O–H groups in total. The first-order chi connectivity index (χ1) is 16.2. The van der Waals surface area contributed by atoms with Crippen LogP contribution in [-0.2, 0) is 9.31 Å². The molecule has 8 heteroatoms. The zero-order valence-electron chi connectivity index (χ0n) is 22.5. The molecule has 2 aromatic heterocycles. The van der Waals surface area contributed by atoms with Crippen molar-refractivity contribution >= 4 is 24.4 Å². The van der Waals surface area contributed by atoms with E-state index < -0.39 is 6.09 Å². The monoisotopic (exact) mass is 479 g/mol. The number of nitrogens with zero attached hydrogens (tertiary/aromatic N) is 3. The topological polar surface area (TPSA) is 84.8 Å². The van der Waals surface area contributed by atoms with Crippen LogP contribution in [0, 0.1) is 33.6 Å². The first kappa shape index (κ1) is 26.9. The highest BCUT2D eigenvalue weighted by molar-refractivity contribution is 6.62. The Hall–Kier alpha value is -2.71. The number of hydrogen-bond acceptors (Lipinski definition) is 5. The molecule has 0 saturated carbocycles. The summed E-state index contributed by atoms with van der Waals surface area (Å²) in [5.41, 5.74) is 6.31. The number of amides is 1. The molecule has 2 aliphatic heterocycles. The molecule has 2 aromatic rings. The Bertz CT molecular complexity index is 1110. The number of aryl methyl sites for hydroxylation is 4. The second kappa shape index (κ2) is 10.1. The Morgan fingerprint density at radius 2 is 1.54 bits per heavy atom. The van der Waals surface area contributed by atoms with Gasteiger partial charge in [0, 0.05) is 41.4 Å². The molecule has 1 fully saturated rings. The fourth-order valence-electron chi connectivity index (χ4n) is 3.92. The minimum Gasteiger partial charge on any atom is -0.465 e. The van der Waals surface area contributed by atoms with E-state index >= 15 is 0 Å². The van der Waals surface area contributed by atoms with E-state index in [0.717, 1.165) is 45.7 Å². The number of aromatic nitrogens is 2. The van der Waals surface area contributed by atoms with Gasteiger partial charge in [-0.25, -0.2) is 4.79 Å². The lowest BCUT2D eigenvalue weighted by molar-refractivity contribution is 0.00578. The number of rotatable bonds is 2. The van der Waals surface area contributed by atoms with Gasteiger partial charge in [-0.05, 0) is 84.9 Å². The van der Waals surface area contributed by atoms with E-state index in [9.17, 15) is 9.90 Å². The smallest absolute Gasteiger partial charge is 0.465 e. The van der Waals surface area contributed by atoms with Gasteiger partial charge in [0.1, 0.15) is 0 Å². The highest BCUT2D eigenvalue weighted by Crippen LogP contribution is 2.36. The summed E-state index contributed by atoms with van der Waals surface area (Å²) >= 11 is 0. The van der Waals surface area contributed by atoms with Gasteiger partial charge in [-0.2, -0.15) is 0 Å². The lowest BCUT2D eigenvalue weighted by Crippen LogP contribution is -2.41. The SMILES string of the molecule is Cc1cc(B2OC(C)(C)C(C)(C)O2)cnc1C.Cc1cc(C2=CCC(C)CN2C(=O)O)cnc1C. The van der Waals surface area contributed by atoms with Crippen molar-refractivity contribution in [2.45, 2.75) is 79.9 Å². The molecule has 7 nitrogen and oxygen atoms in total. The average Bonchev–Trinajstić information content (AvgIpc) is 2.99. The van der Waals surface area contributed by atoms with E-state index in [-0.39, 0.29) is 18.3 Å². The van der Waals surface area contributed by atoms with Gasteiger partial charge in [0.2, 0.25) is 0 Å². The third-order valence-corrected chi connectivity index (χ3v) is 7.25. The van der Waals surface area contributed by atoms with Gasteiger partial charge in [-0.1, -0.05) is 19.1 Å². The number of carboxylic acid groups (broad SMARTS) is 1. The molecule has 0 spiro atoms. The molecule has 0 radical (unpaired) electrons. The van der Waals surface area contributed by atoms with Crippen molar-refractivity contribution in [3.8, 4) is 0 Å². The fourth-order valence-corrected chi connectivity index (χ4v) is 3.92. The Labute approximate surface area is 209 Å². The van der Waals surface area contributed by atoms with Crippen molar-refractivity contribution in [2.75, 3.05) is 6.54 Å². The second-order valence-electron chi connectivity index (χ2n) is 10.7. The van der Waals surface area contributed by atoms with Gasteiger partial charge in [0.05, 0.1) is 16.9 Å². The van der Waals surface area contributed by atoms with Crippen LogP contribution in [0.4, 0.5) is 4.79 Å². The summed E-state index contributed by atoms with van der Waals surface area (Å²) in [5.74, 6) is 0.365. The van der Waals surface area contributed by atoms with Gasteiger partial charge in [0.25, 0.3) is 0 Å². The van der Waals surface area contributed by atoms with Crippen molar-refractivity contribution in [3.63, 3.8) is 0 Å². The van der Waals surface area contributed by atoms with Gasteiger partial charge >= 0.3 is 13.2 Å². The van der Waals surface area contributed by atoms with E-state index in [1.165, 1.54) is 4.90 Å². The summed E-state index contributed by atoms with van der Waals surface area (Å²) in [5, 5.41) is 9.28. The molecule has 1 saturated heterocycles. The van der Waals surface area contributed by atoms with Crippen molar-refractivity contribution in [1.29, 1.82) is 0 Å². The van der Waals surface area contributed by atoms with Gasteiger partial charge in [0.15, 0.2) is 0 Å². The lowest BCUT2D eigenvalue weighted by atomic mass is 9.79. The molecule has 4 rings (SSSR count). The van der Waals surface area contributed by atoms with Crippen LogP contribution in [0.1, 0.15) is 69.1 Å². The third-order valence-electron chi connectivity index (χ3n) is 7.25. The average molecular weight is 479 g/mol. The minimum atomic E-state index is -0.897. The first-order valence-corrected chi connectivity index (χ1v) is 12.1. The molecule has 0 aromatic carbocycles. The van der Waals surface area contributed by atoms with Crippen LogP contribution in [0.5, 0.6) is 0 Å². The summed E-state index contributed by atoms with van der Waals surface area (Å²) in [7, 11) is -0.313. The highest BCUT2D eigenvalue weighted by Gasteiger charge is 2.51. The Kier molecular flexibility index (Phi) is 7.77. The number of pyridine rings is 2. The van der Waals surface area contributed by atoms with E-state index in [1.54, 1.807) is 6.20 Å². The molecule has 0 bridgehead atoms. The van der Waals surface area contributed by atoms with Gasteiger partial charge < -0.3 is 14.4 Å². The van der Waals surface area contributed by atoms with Crippen LogP contribution in [0.25, 0.3) is 5.70 Å². The molecule has 1 atom stereocenters. The second-order valence-corrected chi connectivity index (χ2v) is 10.7. The van der Waals surface area contributed by atoms with Crippen molar-refractivity contribution < 1.29 is 19.2 Å².